The summed E-state index contributed by atoms with van der Waals surface area (Å²) in [5.41, 5.74) is 0.242. The van der Waals surface area contributed by atoms with Crippen LogP contribution >= 0.6 is 11.6 Å². The zero-order valence-corrected chi connectivity index (χ0v) is 23.1. The predicted molar refractivity (Wildman–Crippen MR) is 147 cm³/mol. The molecule has 0 atom stereocenters. The zero-order valence-electron chi connectivity index (χ0n) is 22.4. The Morgan fingerprint density at radius 1 is 1.28 bits per heavy atom. The van der Waals surface area contributed by atoms with Crippen molar-refractivity contribution in [3.05, 3.63) is 73.0 Å². The van der Waals surface area contributed by atoms with E-state index in [9.17, 15) is 18.4 Å². The lowest BCUT2D eigenvalue weighted by atomic mass is 10.1. The highest BCUT2D eigenvalue weighted by atomic mass is 35.5. The first kappa shape index (κ1) is 29.7. The number of nitrogens with one attached hydrogen (secondary N) is 1. The second-order valence-corrected chi connectivity index (χ2v) is 10.3. The van der Waals surface area contributed by atoms with Crippen molar-refractivity contribution < 1.29 is 13.5 Å². The van der Waals surface area contributed by atoms with Crippen LogP contribution in [0, 0.1) is 29.6 Å². The number of aryl methyl sites for hydroxylation is 2. The number of nitrogens with zero attached hydrogens (tertiary/aromatic N) is 4. The van der Waals surface area contributed by atoms with Crippen molar-refractivity contribution in [3.8, 4) is 23.3 Å². The summed E-state index contributed by atoms with van der Waals surface area (Å²) in [6.07, 6.45) is 1.78. The lowest BCUT2D eigenvalue weighted by Crippen LogP contribution is -2.33. The van der Waals surface area contributed by atoms with Crippen LogP contribution in [-0.2, 0) is 6.42 Å². The lowest BCUT2D eigenvalue weighted by Gasteiger charge is -2.15. The van der Waals surface area contributed by atoms with Crippen LogP contribution in [-0.4, -0.2) is 27.4 Å². The Balaban J connectivity index is 0.000000520. The van der Waals surface area contributed by atoms with E-state index in [-0.39, 0.29) is 5.02 Å². The standard InChI is InChI=1S/C23H22ClN5O3.C5H8F2/c1-5-15-9-16(29-23(31)27-22(30)20(11-25)28-29)10-18(24)21(15)32-17-6-7-19(14(4)8-17)26-12-13(2)3;1-5(2-3-5)4(6)7/h6-10,12-13H,5H2,1-4H3,(H,27,30,31);4H,2-3H2,1H3. The number of halogens is 3. The topological polar surface area (TPSA) is 113 Å². The summed E-state index contributed by atoms with van der Waals surface area (Å²) in [6.45, 7) is 9.61. The molecule has 3 aromatic rings. The molecule has 206 valence electrons. The minimum Gasteiger partial charge on any atom is -0.456 e. The monoisotopic (exact) mass is 557 g/mol. The van der Waals surface area contributed by atoms with Crippen LogP contribution in [0.2, 0.25) is 5.02 Å². The summed E-state index contributed by atoms with van der Waals surface area (Å²) in [4.78, 5) is 30.4. The Kier molecular flexibility index (Phi) is 9.41. The molecule has 2 aromatic carbocycles. The van der Waals surface area contributed by atoms with Gasteiger partial charge in [0.1, 0.15) is 17.6 Å². The number of ether oxygens (including phenoxy) is 1. The van der Waals surface area contributed by atoms with Crippen molar-refractivity contribution in [2.24, 2.45) is 16.3 Å². The van der Waals surface area contributed by atoms with Crippen LogP contribution in [0.15, 0.2) is 44.9 Å². The third-order valence-electron chi connectivity index (χ3n) is 6.13. The van der Waals surface area contributed by atoms with Crippen LogP contribution in [0.5, 0.6) is 11.5 Å². The summed E-state index contributed by atoms with van der Waals surface area (Å²) in [7, 11) is 0. The molecule has 0 radical (unpaired) electrons. The highest BCUT2D eigenvalue weighted by Crippen LogP contribution is 2.49. The van der Waals surface area contributed by atoms with Gasteiger partial charge in [-0.2, -0.15) is 9.94 Å². The largest absolute Gasteiger partial charge is 0.456 e. The first-order valence-electron chi connectivity index (χ1n) is 12.5. The first-order valence-corrected chi connectivity index (χ1v) is 12.8. The van der Waals surface area contributed by atoms with Gasteiger partial charge >= 0.3 is 5.69 Å². The maximum atomic E-state index is 12.2. The van der Waals surface area contributed by atoms with E-state index in [0.29, 0.717) is 42.4 Å². The number of aromatic amines is 1. The molecular weight excluding hydrogens is 528 g/mol. The Morgan fingerprint density at radius 3 is 2.49 bits per heavy atom. The molecular formula is C28H30ClF2N5O3. The SMILES string of the molecule is CC1(C(F)F)CC1.CCc1cc(-n2nc(C#N)c(=O)[nH]c2=O)cc(Cl)c1Oc1ccc(N=CC(C)C)c(C)c1. The van der Waals surface area contributed by atoms with Gasteiger partial charge in [0.05, 0.1) is 16.4 Å². The van der Waals surface area contributed by atoms with Gasteiger partial charge in [-0.1, -0.05) is 39.3 Å². The average Bonchev–Trinajstić information content (AvgIpc) is 3.64. The normalized spacial score (nSPS) is 13.8. The number of aliphatic imine (C=N–C) groups is 1. The van der Waals surface area contributed by atoms with E-state index in [0.717, 1.165) is 21.5 Å². The molecule has 4 rings (SSSR count). The average molecular weight is 558 g/mol. The Hall–Kier alpha value is -3.84. The summed E-state index contributed by atoms with van der Waals surface area (Å²) >= 11 is 6.50. The van der Waals surface area contributed by atoms with E-state index < -0.39 is 28.8 Å². The molecule has 11 heteroatoms. The van der Waals surface area contributed by atoms with Crippen molar-refractivity contribution in [1.82, 2.24) is 14.8 Å². The Labute approximate surface area is 229 Å². The highest BCUT2D eigenvalue weighted by Gasteiger charge is 2.46. The maximum Gasteiger partial charge on any atom is 0.349 e. The molecule has 8 nitrogen and oxygen atoms in total. The molecule has 1 aromatic heterocycles. The van der Waals surface area contributed by atoms with Gasteiger partial charge in [0.15, 0.2) is 0 Å². The van der Waals surface area contributed by atoms with Gasteiger partial charge in [-0.05, 0) is 73.6 Å². The van der Waals surface area contributed by atoms with Crippen LogP contribution in [0.4, 0.5) is 14.5 Å². The maximum absolute atomic E-state index is 12.2. The number of H-pyrrole nitrogens is 1. The van der Waals surface area contributed by atoms with Crippen LogP contribution in [0.25, 0.3) is 5.69 Å². The number of aromatic nitrogens is 3. The summed E-state index contributed by atoms with van der Waals surface area (Å²) in [5.74, 6) is 1.40. The third-order valence-corrected chi connectivity index (χ3v) is 6.41. The molecule has 1 saturated carbocycles. The predicted octanol–water partition coefficient (Wildman–Crippen LogP) is 6.52. The van der Waals surface area contributed by atoms with E-state index in [4.69, 9.17) is 21.6 Å². The van der Waals surface area contributed by atoms with Crippen molar-refractivity contribution in [3.63, 3.8) is 0 Å². The first-order chi connectivity index (χ1) is 18.4. The smallest absolute Gasteiger partial charge is 0.349 e. The Bertz CT molecular complexity index is 1540. The molecule has 0 saturated heterocycles. The summed E-state index contributed by atoms with van der Waals surface area (Å²) < 4.78 is 30.2. The number of hydrogen-bond donors (Lipinski definition) is 1. The van der Waals surface area contributed by atoms with Gasteiger partial charge in [-0.3, -0.25) is 14.8 Å². The Morgan fingerprint density at radius 2 is 1.97 bits per heavy atom. The molecule has 1 fully saturated rings. The van der Waals surface area contributed by atoms with Gasteiger partial charge in [0.2, 0.25) is 12.1 Å². The quantitative estimate of drug-likeness (QED) is 0.332. The van der Waals surface area contributed by atoms with E-state index in [1.165, 1.54) is 6.07 Å². The van der Waals surface area contributed by atoms with Crippen molar-refractivity contribution in [2.45, 2.75) is 60.3 Å². The molecule has 1 aliphatic carbocycles. The fraction of sp³-hybridized carbons (Fsp3) is 0.393. The number of hydrogen-bond acceptors (Lipinski definition) is 6. The van der Waals surface area contributed by atoms with E-state index in [1.807, 2.05) is 38.3 Å². The molecule has 1 N–H and O–H groups in total. The van der Waals surface area contributed by atoms with Crippen molar-refractivity contribution in [1.29, 1.82) is 5.26 Å². The fourth-order valence-electron chi connectivity index (χ4n) is 3.38. The van der Waals surface area contributed by atoms with Gasteiger partial charge < -0.3 is 4.74 Å². The number of rotatable bonds is 7. The van der Waals surface area contributed by atoms with E-state index >= 15 is 0 Å². The number of benzene rings is 2. The highest BCUT2D eigenvalue weighted by molar-refractivity contribution is 6.32. The molecule has 0 spiro atoms. The summed E-state index contributed by atoms with van der Waals surface area (Å²) in [6, 6.07) is 10.4. The van der Waals surface area contributed by atoms with Gasteiger partial charge in [-0.25, -0.2) is 13.6 Å². The molecule has 1 heterocycles. The number of alkyl halides is 2. The second-order valence-electron chi connectivity index (χ2n) is 9.93. The molecule has 39 heavy (non-hydrogen) atoms. The van der Waals surface area contributed by atoms with Crippen molar-refractivity contribution in [2.75, 3.05) is 0 Å². The van der Waals surface area contributed by atoms with Crippen molar-refractivity contribution >= 4 is 23.5 Å². The fourth-order valence-corrected chi connectivity index (χ4v) is 3.65. The van der Waals surface area contributed by atoms with E-state index in [2.05, 4.69) is 28.9 Å². The third kappa shape index (κ3) is 7.39. The minimum atomic E-state index is -2.09. The minimum absolute atomic E-state index is 0.261. The van der Waals surface area contributed by atoms with Gasteiger partial charge in [0, 0.05) is 11.6 Å². The molecule has 1 aliphatic rings. The van der Waals surface area contributed by atoms with E-state index in [1.54, 1.807) is 19.1 Å². The van der Waals surface area contributed by atoms with Crippen LogP contribution in [0.1, 0.15) is 57.4 Å². The second kappa shape index (κ2) is 12.3. The van der Waals surface area contributed by atoms with Gasteiger partial charge in [0.25, 0.3) is 5.56 Å². The molecule has 0 unspecified atom stereocenters. The molecule has 0 amide bonds. The lowest BCUT2D eigenvalue weighted by molar-refractivity contribution is 0.0721. The molecule has 0 aliphatic heterocycles. The van der Waals surface area contributed by atoms with Crippen LogP contribution < -0.4 is 16.0 Å². The van der Waals surface area contributed by atoms with Gasteiger partial charge in [-0.15, -0.1) is 5.10 Å². The number of nitriles is 1. The van der Waals surface area contributed by atoms with Crippen LogP contribution in [0.3, 0.4) is 0 Å². The zero-order chi connectivity index (χ0) is 28.9. The summed E-state index contributed by atoms with van der Waals surface area (Å²) in [5, 5.41) is 13.1. The molecule has 0 bridgehead atoms.